The molecule has 158 valence electrons. The van der Waals surface area contributed by atoms with Crippen LogP contribution in [0.1, 0.15) is 71.1 Å². The fourth-order valence-corrected chi connectivity index (χ4v) is 7.06. The van der Waals surface area contributed by atoms with Gasteiger partial charge >= 0.3 is 0 Å². The summed E-state index contributed by atoms with van der Waals surface area (Å²) < 4.78 is 5.07. The predicted molar refractivity (Wildman–Crippen MR) is 135 cm³/mol. The van der Waals surface area contributed by atoms with E-state index in [1.165, 1.54) is 78.6 Å². The average molecular weight is 561 g/mol. The van der Waals surface area contributed by atoms with Crippen molar-refractivity contribution in [2.24, 2.45) is 0 Å². The molecule has 3 rings (SSSR count). The Kier molecular flexibility index (Phi) is 8.96. The lowest BCUT2D eigenvalue weighted by Crippen LogP contribution is -2.30. The number of halogens is 2. The third-order valence-corrected chi connectivity index (χ3v) is 8.74. The molecular weight excluding hydrogens is 534 g/mol. The lowest BCUT2D eigenvalue weighted by molar-refractivity contribution is 0.528. The van der Waals surface area contributed by atoms with Gasteiger partial charge in [-0.25, -0.2) is 0 Å². The molecule has 0 radical (unpaired) electrons. The van der Waals surface area contributed by atoms with Crippen molar-refractivity contribution in [3.05, 3.63) is 40.4 Å². The largest absolute Gasteiger partial charge is 0.274 e. The quantitative estimate of drug-likeness (QED) is 0.222. The summed E-state index contributed by atoms with van der Waals surface area (Å²) in [5, 5.41) is 1.27. The molecule has 0 saturated heterocycles. The van der Waals surface area contributed by atoms with E-state index in [-0.39, 0.29) is 11.1 Å². The van der Waals surface area contributed by atoms with Gasteiger partial charge in [0.25, 0.3) is 11.1 Å². The normalized spacial score (nSPS) is 11.7. The molecule has 3 aromatic rings. The van der Waals surface area contributed by atoms with Gasteiger partial charge in [0.05, 0.1) is 27.7 Å². The summed E-state index contributed by atoms with van der Waals surface area (Å²) in [6.07, 6.45) is 12.3. The average Bonchev–Trinajstić information content (AvgIpc) is 3.26. The van der Waals surface area contributed by atoms with E-state index in [1.807, 2.05) is 12.1 Å². The summed E-state index contributed by atoms with van der Waals surface area (Å²) in [5.74, 6) is 0. The van der Waals surface area contributed by atoms with Crippen molar-refractivity contribution in [2.75, 3.05) is 0 Å². The number of hydrogen-bond acceptors (Lipinski definition) is 4. The van der Waals surface area contributed by atoms with Gasteiger partial charge in [-0.15, -0.1) is 22.7 Å². The third-order valence-electron chi connectivity index (χ3n) is 5.30. The number of fused-ring (bicyclic) bond motifs is 3. The SMILES string of the molecule is CCCCCCCCCCCCn1c(=O)c2cc(Br)sc2c2sc(Br)cc2c1=O. The Morgan fingerprint density at radius 2 is 1.14 bits per heavy atom. The van der Waals surface area contributed by atoms with Crippen molar-refractivity contribution in [2.45, 2.75) is 77.7 Å². The first kappa shape index (κ1) is 23.2. The fourth-order valence-electron chi connectivity index (χ4n) is 3.72. The van der Waals surface area contributed by atoms with Crippen LogP contribution in [0.25, 0.3) is 20.2 Å². The minimum absolute atomic E-state index is 0.164. The van der Waals surface area contributed by atoms with Crippen LogP contribution in [0.4, 0.5) is 0 Å². The second-order valence-corrected chi connectivity index (χ2v) is 12.4. The Labute approximate surface area is 196 Å². The molecule has 0 aliphatic heterocycles. The maximum atomic E-state index is 13.1. The zero-order valence-corrected chi connectivity index (χ0v) is 21.6. The van der Waals surface area contributed by atoms with Crippen LogP contribution < -0.4 is 11.1 Å². The predicted octanol–water partition coefficient (Wildman–Crippen LogP) is 8.08. The Balaban J connectivity index is 1.68. The van der Waals surface area contributed by atoms with Crippen molar-refractivity contribution < 1.29 is 0 Å². The lowest BCUT2D eigenvalue weighted by atomic mass is 10.1. The van der Waals surface area contributed by atoms with Crippen LogP contribution in [0.5, 0.6) is 0 Å². The van der Waals surface area contributed by atoms with Crippen molar-refractivity contribution in [3.63, 3.8) is 0 Å². The van der Waals surface area contributed by atoms with Crippen LogP contribution in [0.15, 0.2) is 29.3 Å². The van der Waals surface area contributed by atoms with E-state index in [0.717, 1.165) is 29.8 Å². The Morgan fingerprint density at radius 3 is 1.59 bits per heavy atom. The van der Waals surface area contributed by atoms with E-state index in [0.29, 0.717) is 17.3 Å². The molecule has 0 aromatic carbocycles. The number of aromatic nitrogens is 1. The molecule has 7 heteroatoms. The lowest BCUT2D eigenvalue weighted by Gasteiger charge is -2.04. The topological polar surface area (TPSA) is 39.1 Å². The molecule has 0 saturated carbocycles. The molecule has 3 nitrogen and oxygen atoms in total. The van der Waals surface area contributed by atoms with Gasteiger partial charge in [-0.1, -0.05) is 64.7 Å². The zero-order valence-electron chi connectivity index (χ0n) is 16.8. The van der Waals surface area contributed by atoms with Crippen molar-refractivity contribution >= 4 is 74.7 Å². The van der Waals surface area contributed by atoms with E-state index >= 15 is 0 Å². The fraction of sp³-hybridized carbons (Fsp3) is 0.545. The molecule has 0 aliphatic rings. The van der Waals surface area contributed by atoms with Gasteiger partial charge in [-0.3, -0.25) is 14.2 Å². The monoisotopic (exact) mass is 559 g/mol. The standard InChI is InChI=1S/C22H27Br2NO2S2/c1-2-3-4-5-6-7-8-9-10-11-12-25-21(26)15-13-17(23)28-19(15)20-16(22(25)27)14-18(24)29-20/h13-14H,2-12H2,1H3. The first-order valence-electron chi connectivity index (χ1n) is 10.5. The van der Waals surface area contributed by atoms with E-state index in [4.69, 9.17) is 0 Å². The Morgan fingerprint density at radius 1 is 0.724 bits per heavy atom. The van der Waals surface area contributed by atoms with Crippen LogP contribution in [0.3, 0.4) is 0 Å². The van der Waals surface area contributed by atoms with Crippen molar-refractivity contribution in [1.82, 2.24) is 4.57 Å². The number of thiophene rings is 2. The summed E-state index contributed by atoms with van der Waals surface area (Å²) >= 11 is 10.0. The highest BCUT2D eigenvalue weighted by Gasteiger charge is 2.15. The molecule has 0 N–H and O–H groups in total. The number of hydrogen-bond donors (Lipinski definition) is 0. The van der Waals surface area contributed by atoms with Crippen LogP contribution >= 0.6 is 54.5 Å². The third kappa shape index (κ3) is 5.81. The Bertz CT molecular complexity index is 1010. The van der Waals surface area contributed by atoms with E-state index in [2.05, 4.69) is 38.8 Å². The van der Waals surface area contributed by atoms with Gasteiger partial charge in [0.2, 0.25) is 0 Å². The molecule has 0 atom stereocenters. The smallest absolute Gasteiger partial charge is 0.262 e. The van der Waals surface area contributed by atoms with Gasteiger partial charge < -0.3 is 0 Å². The minimum atomic E-state index is -0.164. The first-order chi connectivity index (χ1) is 14.0. The summed E-state index contributed by atoms with van der Waals surface area (Å²) in [6.45, 7) is 2.74. The van der Waals surface area contributed by atoms with Gasteiger partial charge in [0, 0.05) is 6.54 Å². The molecule has 3 aromatic heterocycles. The summed E-state index contributed by atoms with van der Waals surface area (Å²) in [4.78, 5) is 26.2. The van der Waals surface area contributed by atoms with Gasteiger partial charge in [-0.2, -0.15) is 0 Å². The number of nitrogens with zero attached hydrogens (tertiary/aromatic N) is 1. The van der Waals surface area contributed by atoms with Crippen LogP contribution in [-0.2, 0) is 6.54 Å². The van der Waals surface area contributed by atoms with E-state index in [9.17, 15) is 9.59 Å². The molecule has 0 fully saturated rings. The highest BCUT2D eigenvalue weighted by molar-refractivity contribution is 9.11. The molecule has 0 bridgehead atoms. The van der Waals surface area contributed by atoms with Gasteiger partial charge in [-0.05, 0) is 50.4 Å². The zero-order chi connectivity index (χ0) is 20.8. The minimum Gasteiger partial charge on any atom is -0.274 e. The molecule has 0 unspecified atom stereocenters. The van der Waals surface area contributed by atoms with Gasteiger partial charge in [0.15, 0.2) is 0 Å². The van der Waals surface area contributed by atoms with E-state index < -0.39 is 0 Å². The molecule has 3 heterocycles. The number of rotatable bonds is 11. The van der Waals surface area contributed by atoms with Crippen LogP contribution in [-0.4, -0.2) is 4.57 Å². The maximum Gasteiger partial charge on any atom is 0.262 e. The number of unbranched alkanes of at least 4 members (excludes halogenated alkanes) is 9. The van der Waals surface area contributed by atoms with Crippen LogP contribution in [0.2, 0.25) is 0 Å². The first-order valence-corrected chi connectivity index (χ1v) is 13.7. The summed E-state index contributed by atoms with van der Waals surface area (Å²) in [5.41, 5.74) is -0.329. The molecule has 0 aliphatic carbocycles. The van der Waals surface area contributed by atoms with Crippen molar-refractivity contribution in [3.8, 4) is 0 Å². The second kappa shape index (κ2) is 11.2. The van der Waals surface area contributed by atoms with Crippen LogP contribution in [0, 0.1) is 0 Å². The molecule has 0 amide bonds. The highest BCUT2D eigenvalue weighted by Crippen LogP contribution is 2.37. The second-order valence-electron chi connectivity index (χ2n) is 7.53. The Hall–Kier alpha value is -0.500. The molecular formula is C22H27Br2NO2S2. The van der Waals surface area contributed by atoms with Gasteiger partial charge in [0.1, 0.15) is 0 Å². The maximum absolute atomic E-state index is 13.1. The van der Waals surface area contributed by atoms with Crippen molar-refractivity contribution in [1.29, 1.82) is 0 Å². The summed E-state index contributed by atoms with van der Waals surface area (Å²) in [7, 11) is 0. The highest BCUT2D eigenvalue weighted by atomic mass is 79.9. The molecule has 0 spiro atoms. The van der Waals surface area contributed by atoms with E-state index in [1.54, 1.807) is 0 Å². The summed E-state index contributed by atoms with van der Waals surface area (Å²) in [6, 6.07) is 3.70. The molecule has 29 heavy (non-hydrogen) atoms.